The number of piperidine rings is 1. The second-order valence-electron chi connectivity index (χ2n) is 5.59. The molecule has 3 unspecified atom stereocenters. The molecule has 0 spiro atoms. The summed E-state index contributed by atoms with van der Waals surface area (Å²) in [6, 6.07) is 10.1. The minimum atomic E-state index is -0.537. The first-order valence-corrected chi connectivity index (χ1v) is 7.43. The van der Waals surface area contributed by atoms with E-state index in [0.29, 0.717) is 12.6 Å². The zero-order valence-corrected chi connectivity index (χ0v) is 12.1. The van der Waals surface area contributed by atoms with Crippen molar-refractivity contribution in [3.05, 3.63) is 30.3 Å². The molecule has 1 saturated heterocycles. The van der Waals surface area contributed by atoms with Gasteiger partial charge in [0.05, 0.1) is 6.61 Å². The molecule has 1 aromatic rings. The van der Waals surface area contributed by atoms with E-state index in [0.717, 1.165) is 25.0 Å². The Morgan fingerprint density at radius 2 is 2.05 bits per heavy atom. The Hall–Kier alpha value is -1.10. The predicted octanol–water partition coefficient (Wildman–Crippen LogP) is 1.66. The van der Waals surface area contributed by atoms with Gasteiger partial charge < -0.3 is 14.9 Å². The van der Waals surface area contributed by atoms with Crippen LogP contribution in [0.25, 0.3) is 0 Å². The zero-order valence-electron chi connectivity index (χ0n) is 12.1. The van der Waals surface area contributed by atoms with Gasteiger partial charge in [-0.05, 0) is 31.9 Å². The molecular weight excluding hydrogens is 254 g/mol. The molecule has 4 heteroatoms. The molecule has 0 aliphatic carbocycles. The average molecular weight is 279 g/mol. The van der Waals surface area contributed by atoms with Crippen molar-refractivity contribution < 1.29 is 14.9 Å². The Morgan fingerprint density at radius 3 is 2.75 bits per heavy atom. The van der Waals surface area contributed by atoms with E-state index < -0.39 is 6.10 Å². The van der Waals surface area contributed by atoms with Crippen LogP contribution >= 0.6 is 0 Å². The number of likely N-dealkylation sites (tertiary alicyclic amines) is 1. The largest absolute Gasteiger partial charge is 0.491 e. The Balaban J connectivity index is 1.82. The van der Waals surface area contributed by atoms with Crippen LogP contribution in [-0.2, 0) is 0 Å². The summed E-state index contributed by atoms with van der Waals surface area (Å²) in [6.07, 6.45) is 2.75. The number of nitrogens with zero attached hydrogens (tertiary/aromatic N) is 1. The number of hydrogen-bond donors (Lipinski definition) is 2. The fourth-order valence-corrected chi connectivity index (χ4v) is 2.87. The first kappa shape index (κ1) is 15.3. The molecule has 112 valence electrons. The van der Waals surface area contributed by atoms with Gasteiger partial charge in [0.15, 0.2) is 0 Å². The summed E-state index contributed by atoms with van der Waals surface area (Å²) >= 11 is 0. The molecule has 0 amide bonds. The highest BCUT2D eigenvalue weighted by Gasteiger charge is 2.28. The molecule has 2 rings (SSSR count). The maximum Gasteiger partial charge on any atom is 0.119 e. The quantitative estimate of drug-likeness (QED) is 0.831. The maximum absolute atomic E-state index is 10.1. The molecule has 1 aliphatic heterocycles. The lowest BCUT2D eigenvalue weighted by Gasteiger charge is -2.40. The molecule has 1 aromatic carbocycles. The summed E-state index contributed by atoms with van der Waals surface area (Å²) < 4.78 is 5.57. The molecule has 4 nitrogen and oxygen atoms in total. The lowest BCUT2D eigenvalue weighted by Crippen LogP contribution is -2.50. The number of ether oxygens (including phenoxy) is 1. The van der Waals surface area contributed by atoms with Gasteiger partial charge in [0.1, 0.15) is 18.5 Å². The van der Waals surface area contributed by atoms with Gasteiger partial charge in [-0.25, -0.2) is 0 Å². The van der Waals surface area contributed by atoms with Crippen LogP contribution in [0.15, 0.2) is 30.3 Å². The van der Waals surface area contributed by atoms with Crippen molar-refractivity contribution in [2.75, 3.05) is 19.8 Å². The molecular formula is C16H25NO3. The molecule has 1 aliphatic rings. The summed E-state index contributed by atoms with van der Waals surface area (Å²) in [5, 5.41) is 19.6. The van der Waals surface area contributed by atoms with E-state index in [1.54, 1.807) is 0 Å². The van der Waals surface area contributed by atoms with Crippen molar-refractivity contribution in [1.29, 1.82) is 0 Å². The van der Waals surface area contributed by atoms with E-state index in [9.17, 15) is 10.2 Å². The van der Waals surface area contributed by atoms with Crippen LogP contribution in [0.4, 0.5) is 0 Å². The third-order valence-corrected chi connectivity index (χ3v) is 4.01. The van der Waals surface area contributed by atoms with Crippen molar-refractivity contribution in [2.45, 2.75) is 44.4 Å². The third kappa shape index (κ3) is 4.20. The van der Waals surface area contributed by atoms with Crippen molar-refractivity contribution in [2.24, 2.45) is 0 Å². The smallest absolute Gasteiger partial charge is 0.119 e. The summed E-state index contributed by atoms with van der Waals surface area (Å²) in [6.45, 7) is 3.16. The fraction of sp³-hybridized carbons (Fsp3) is 0.625. The first-order chi connectivity index (χ1) is 9.70. The lowest BCUT2D eigenvalue weighted by atomic mass is 9.96. The normalized spacial score (nSPS) is 25.4. The van der Waals surface area contributed by atoms with Crippen molar-refractivity contribution in [1.82, 2.24) is 4.90 Å². The third-order valence-electron chi connectivity index (χ3n) is 4.01. The van der Waals surface area contributed by atoms with E-state index in [1.807, 2.05) is 30.3 Å². The van der Waals surface area contributed by atoms with Gasteiger partial charge in [-0.2, -0.15) is 0 Å². The Labute approximate surface area is 121 Å². The number of benzene rings is 1. The van der Waals surface area contributed by atoms with Crippen LogP contribution in [0, 0.1) is 0 Å². The van der Waals surface area contributed by atoms with E-state index >= 15 is 0 Å². The summed E-state index contributed by atoms with van der Waals surface area (Å²) in [5.74, 6) is 0.775. The van der Waals surface area contributed by atoms with E-state index in [-0.39, 0.29) is 19.3 Å². The van der Waals surface area contributed by atoms with Gasteiger partial charge in [-0.3, -0.25) is 4.90 Å². The Kier molecular flexibility index (Phi) is 5.83. The summed E-state index contributed by atoms with van der Waals surface area (Å²) in [4.78, 5) is 2.21. The van der Waals surface area contributed by atoms with Crippen LogP contribution in [0.2, 0.25) is 0 Å². The molecule has 1 heterocycles. The van der Waals surface area contributed by atoms with Gasteiger partial charge in [-0.15, -0.1) is 0 Å². The van der Waals surface area contributed by atoms with Gasteiger partial charge in [0.25, 0.3) is 0 Å². The van der Waals surface area contributed by atoms with Gasteiger partial charge in [0, 0.05) is 18.6 Å². The first-order valence-electron chi connectivity index (χ1n) is 7.43. The molecule has 0 radical (unpaired) electrons. The molecule has 3 atom stereocenters. The highest BCUT2D eigenvalue weighted by atomic mass is 16.5. The van der Waals surface area contributed by atoms with Crippen LogP contribution in [-0.4, -0.2) is 53.1 Å². The topological polar surface area (TPSA) is 52.9 Å². The van der Waals surface area contributed by atoms with Crippen molar-refractivity contribution in [3.8, 4) is 5.75 Å². The SMILES string of the molecule is CC1CCCC(CO)N1CC(O)COc1ccccc1. The highest BCUT2D eigenvalue weighted by molar-refractivity contribution is 5.20. The maximum atomic E-state index is 10.1. The number of aliphatic hydroxyl groups excluding tert-OH is 2. The van der Waals surface area contributed by atoms with Crippen LogP contribution < -0.4 is 4.74 Å². The van der Waals surface area contributed by atoms with Crippen LogP contribution in [0.3, 0.4) is 0 Å². The highest BCUT2D eigenvalue weighted by Crippen LogP contribution is 2.22. The van der Waals surface area contributed by atoms with Crippen molar-refractivity contribution in [3.63, 3.8) is 0 Å². The van der Waals surface area contributed by atoms with Crippen molar-refractivity contribution >= 4 is 0 Å². The number of rotatable bonds is 6. The zero-order chi connectivity index (χ0) is 14.4. The molecule has 0 bridgehead atoms. The fourth-order valence-electron chi connectivity index (χ4n) is 2.87. The second kappa shape index (κ2) is 7.62. The molecule has 2 N–H and O–H groups in total. The molecule has 0 saturated carbocycles. The van der Waals surface area contributed by atoms with Gasteiger partial charge in [0.2, 0.25) is 0 Å². The molecule has 1 fully saturated rings. The predicted molar refractivity (Wildman–Crippen MR) is 78.8 cm³/mol. The summed E-state index contributed by atoms with van der Waals surface area (Å²) in [7, 11) is 0. The minimum absolute atomic E-state index is 0.163. The second-order valence-corrected chi connectivity index (χ2v) is 5.59. The van der Waals surface area contributed by atoms with Gasteiger partial charge >= 0.3 is 0 Å². The van der Waals surface area contributed by atoms with E-state index in [2.05, 4.69) is 11.8 Å². The van der Waals surface area contributed by atoms with E-state index in [4.69, 9.17) is 4.74 Å². The Bertz CT molecular complexity index is 385. The lowest BCUT2D eigenvalue weighted by molar-refractivity contribution is -0.00114. The minimum Gasteiger partial charge on any atom is -0.491 e. The Morgan fingerprint density at radius 1 is 1.30 bits per heavy atom. The number of hydrogen-bond acceptors (Lipinski definition) is 4. The standard InChI is InChI=1S/C16H25NO3/c1-13-6-5-7-14(11-18)17(13)10-15(19)12-20-16-8-3-2-4-9-16/h2-4,8-9,13-15,18-19H,5-7,10-12H2,1H3. The van der Waals surface area contributed by atoms with Crippen LogP contribution in [0.5, 0.6) is 5.75 Å². The summed E-state index contributed by atoms with van der Waals surface area (Å²) in [5.41, 5.74) is 0. The number of β-amino-alcohol motifs (C(OH)–C–C–N with tert-alkyl or cyclic N) is 1. The number of para-hydroxylation sites is 1. The van der Waals surface area contributed by atoms with Gasteiger partial charge in [-0.1, -0.05) is 24.6 Å². The monoisotopic (exact) mass is 279 g/mol. The average Bonchev–Trinajstić information content (AvgIpc) is 2.48. The molecule has 0 aromatic heterocycles. The van der Waals surface area contributed by atoms with Crippen LogP contribution in [0.1, 0.15) is 26.2 Å². The number of aliphatic hydroxyl groups is 2. The molecule has 20 heavy (non-hydrogen) atoms. The van der Waals surface area contributed by atoms with E-state index in [1.165, 1.54) is 0 Å².